The fourth-order valence-electron chi connectivity index (χ4n) is 1.18. The molecule has 0 aromatic heterocycles. The number of hydrogen-bond donors (Lipinski definition) is 1. The highest BCUT2D eigenvalue weighted by Crippen LogP contribution is 2.21. The highest BCUT2D eigenvalue weighted by Gasteiger charge is 2.12. The number of ketones is 1. The predicted molar refractivity (Wildman–Crippen MR) is 52.6 cm³/mol. The minimum Gasteiger partial charge on any atom is -0.508 e. The molecular weight excluding hydrogens is 202 g/mol. The third-order valence-electron chi connectivity index (χ3n) is 1.93. The Morgan fingerprint density at radius 1 is 1.64 bits per heavy atom. The molecule has 0 atom stereocenters. The van der Waals surface area contributed by atoms with Crippen LogP contribution in [-0.4, -0.2) is 16.8 Å². The first-order valence-corrected chi connectivity index (χ1v) is 4.46. The van der Waals surface area contributed by atoms with Crippen LogP contribution in [0, 0.1) is 18.3 Å². The molecule has 1 aromatic rings. The van der Waals surface area contributed by atoms with Gasteiger partial charge in [-0.2, -0.15) is 5.26 Å². The van der Waals surface area contributed by atoms with E-state index >= 15 is 0 Å². The number of carbonyl (C=O) groups is 1. The summed E-state index contributed by atoms with van der Waals surface area (Å²) in [5.74, 6) is -0.549. The van der Waals surface area contributed by atoms with Crippen molar-refractivity contribution in [3.05, 3.63) is 28.8 Å². The fraction of sp³-hybridized carbons (Fsp3) is 0.200. The van der Waals surface area contributed by atoms with Gasteiger partial charge in [0, 0.05) is 5.56 Å². The molecule has 1 rings (SSSR count). The summed E-state index contributed by atoms with van der Waals surface area (Å²) in [6.07, 6.45) is 0. The van der Waals surface area contributed by atoms with Gasteiger partial charge in [0.1, 0.15) is 5.75 Å². The summed E-state index contributed by atoms with van der Waals surface area (Å²) < 4.78 is 0. The quantitative estimate of drug-likeness (QED) is 0.599. The molecule has 1 aromatic carbocycles. The monoisotopic (exact) mass is 209 g/mol. The van der Waals surface area contributed by atoms with E-state index in [-0.39, 0.29) is 17.4 Å². The first-order chi connectivity index (χ1) is 6.60. The van der Waals surface area contributed by atoms with Crippen molar-refractivity contribution in [3.8, 4) is 11.8 Å². The van der Waals surface area contributed by atoms with Crippen LogP contribution in [0.5, 0.6) is 5.75 Å². The Hall–Kier alpha value is -1.53. The molecule has 0 radical (unpaired) electrons. The number of alkyl halides is 1. The van der Waals surface area contributed by atoms with Crippen LogP contribution in [0.1, 0.15) is 21.5 Å². The molecule has 0 aliphatic heterocycles. The van der Waals surface area contributed by atoms with Crippen LogP contribution in [0.25, 0.3) is 0 Å². The molecule has 1 N–H and O–H groups in total. The smallest absolute Gasteiger partial charge is 0.178 e. The number of carbonyl (C=O) groups excluding carboxylic acids is 1. The summed E-state index contributed by atoms with van der Waals surface area (Å²) >= 11 is 5.39. The lowest BCUT2D eigenvalue weighted by atomic mass is 10.00. The number of nitrogens with zero attached hydrogens (tertiary/aromatic N) is 1. The van der Waals surface area contributed by atoms with E-state index in [0.29, 0.717) is 16.7 Å². The largest absolute Gasteiger partial charge is 0.508 e. The van der Waals surface area contributed by atoms with Crippen molar-refractivity contribution in [2.45, 2.75) is 6.92 Å². The SMILES string of the molecule is Cc1c(C#N)cc(O)cc1C(=O)CCl. The van der Waals surface area contributed by atoms with Gasteiger partial charge in [-0.1, -0.05) is 0 Å². The van der Waals surface area contributed by atoms with Gasteiger partial charge in [-0.05, 0) is 24.6 Å². The van der Waals surface area contributed by atoms with Crippen molar-refractivity contribution in [2.75, 3.05) is 5.88 Å². The standard InChI is InChI=1S/C10H8ClNO2/c1-6-7(5-12)2-8(13)3-9(6)10(14)4-11/h2-3,13H,4H2,1H3. The number of halogens is 1. The number of benzene rings is 1. The molecule has 0 amide bonds. The summed E-state index contributed by atoms with van der Waals surface area (Å²) in [7, 11) is 0. The Morgan fingerprint density at radius 3 is 2.79 bits per heavy atom. The van der Waals surface area contributed by atoms with E-state index in [0.717, 1.165) is 0 Å². The molecule has 72 valence electrons. The molecule has 0 fully saturated rings. The van der Waals surface area contributed by atoms with Crippen molar-refractivity contribution >= 4 is 17.4 Å². The summed E-state index contributed by atoms with van der Waals surface area (Å²) in [6.45, 7) is 1.65. The summed E-state index contributed by atoms with van der Waals surface area (Å²) in [6, 6.07) is 4.54. The number of phenols is 1. The average Bonchev–Trinajstić information content (AvgIpc) is 2.19. The maximum Gasteiger partial charge on any atom is 0.178 e. The lowest BCUT2D eigenvalue weighted by Gasteiger charge is -2.05. The van der Waals surface area contributed by atoms with Gasteiger partial charge in [0.05, 0.1) is 17.5 Å². The van der Waals surface area contributed by atoms with E-state index in [9.17, 15) is 9.90 Å². The maximum atomic E-state index is 11.3. The molecule has 0 heterocycles. The van der Waals surface area contributed by atoms with E-state index in [1.165, 1.54) is 12.1 Å². The fourth-order valence-corrected chi connectivity index (χ4v) is 1.32. The predicted octanol–water partition coefficient (Wildman–Crippen LogP) is 1.99. The van der Waals surface area contributed by atoms with Crippen molar-refractivity contribution < 1.29 is 9.90 Å². The normalized spacial score (nSPS) is 9.50. The number of Topliss-reactive ketones (excluding diaryl/α,β-unsaturated/α-hetero) is 1. The first-order valence-electron chi connectivity index (χ1n) is 3.93. The van der Waals surface area contributed by atoms with Crippen LogP contribution in [0.4, 0.5) is 0 Å². The number of nitriles is 1. The minimum atomic E-state index is -0.295. The van der Waals surface area contributed by atoms with Crippen LogP contribution in [0.2, 0.25) is 0 Å². The van der Waals surface area contributed by atoms with Crippen LogP contribution in [-0.2, 0) is 0 Å². The Kier molecular flexibility index (Phi) is 3.10. The van der Waals surface area contributed by atoms with Crippen molar-refractivity contribution in [3.63, 3.8) is 0 Å². The number of phenolic OH excluding ortho intramolecular Hbond substituents is 1. The molecule has 0 aliphatic carbocycles. The van der Waals surface area contributed by atoms with Crippen LogP contribution in [0.15, 0.2) is 12.1 Å². The molecule has 0 spiro atoms. The van der Waals surface area contributed by atoms with Crippen LogP contribution < -0.4 is 0 Å². The van der Waals surface area contributed by atoms with Gasteiger partial charge < -0.3 is 5.11 Å². The van der Waals surface area contributed by atoms with Crippen LogP contribution >= 0.6 is 11.6 Å². The molecule has 0 bridgehead atoms. The van der Waals surface area contributed by atoms with Gasteiger partial charge in [-0.25, -0.2) is 0 Å². The highest BCUT2D eigenvalue weighted by atomic mass is 35.5. The Morgan fingerprint density at radius 2 is 2.29 bits per heavy atom. The Balaban J connectivity index is 3.38. The third kappa shape index (κ3) is 1.86. The average molecular weight is 210 g/mol. The third-order valence-corrected chi connectivity index (χ3v) is 2.18. The molecule has 0 saturated carbocycles. The molecule has 0 saturated heterocycles. The van der Waals surface area contributed by atoms with E-state index in [2.05, 4.69) is 0 Å². The maximum absolute atomic E-state index is 11.3. The van der Waals surface area contributed by atoms with E-state index in [4.69, 9.17) is 16.9 Å². The van der Waals surface area contributed by atoms with Gasteiger partial charge >= 0.3 is 0 Å². The van der Waals surface area contributed by atoms with Gasteiger partial charge in [0.25, 0.3) is 0 Å². The first kappa shape index (κ1) is 10.6. The molecule has 4 heteroatoms. The summed E-state index contributed by atoms with van der Waals surface area (Å²) in [5, 5.41) is 18.0. The van der Waals surface area contributed by atoms with Crippen molar-refractivity contribution in [2.24, 2.45) is 0 Å². The molecular formula is C10H8ClNO2. The van der Waals surface area contributed by atoms with Crippen molar-refractivity contribution in [1.82, 2.24) is 0 Å². The lowest BCUT2D eigenvalue weighted by Crippen LogP contribution is -2.04. The summed E-state index contributed by atoms with van der Waals surface area (Å²) in [5.41, 5.74) is 1.14. The Labute approximate surface area is 86.5 Å². The highest BCUT2D eigenvalue weighted by molar-refractivity contribution is 6.30. The molecule has 0 aliphatic rings. The van der Waals surface area contributed by atoms with E-state index in [1.807, 2.05) is 6.07 Å². The zero-order chi connectivity index (χ0) is 10.7. The van der Waals surface area contributed by atoms with Gasteiger partial charge in [-0.15, -0.1) is 11.6 Å². The second-order valence-corrected chi connectivity index (χ2v) is 3.10. The number of hydrogen-bond acceptors (Lipinski definition) is 3. The van der Waals surface area contributed by atoms with Crippen molar-refractivity contribution in [1.29, 1.82) is 5.26 Å². The number of rotatable bonds is 2. The second-order valence-electron chi connectivity index (χ2n) is 2.83. The zero-order valence-corrected chi connectivity index (χ0v) is 8.30. The topological polar surface area (TPSA) is 61.1 Å². The van der Waals surface area contributed by atoms with E-state index < -0.39 is 0 Å². The van der Waals surface area contributed by atoms with Gasteiger partial charge in [0.2, 0.25) is 0 Å². The lowest BCUT2D eigenvalue weighted by molar-refractivity contribution is 0.102. The van der Waals surface area contributed by atoms with Gasteiger partial charge in [0.15, 0.2) is 5.78 Å². The summed E-state index contributed by atoms with van der Waals surface area (Å²) in [4.78, 5) is 11.3. The minimum absolute atomic E-state index is 0.0967. The van der Waals surface area contributed by atoms with Gasteiger partial charge in [-0.3, -0.25) is 4.79 Å². The molecule has 0 unspecified atom stereocenters. The van der Waals surface area contributed by atoms with Crippen LogP contribution in [0.3, 0.4) is 0 Å². The number of aromatic hydroxyl groups is 1. The Bertz CT molecular complexity index is 421. The molecule has 3 nitrogen and oxygen atoms in total. The second kappa shape index (κ2) is 4.12. The molecule has 14 heavy (non-hydrogen) atoms. The van der Waals surface area contributed by atoms with E-state index in [1.54, 1.807) is 6.92 Å². The zero-order valence-electron chi connectivity index (χ0n) is 7.54.